The number of halogens is 1. The Morgan fingerprint density at radius 3 is 2.71 bits per heavy atom. The minimum absolute atomic E-state index is 0.681. The van der Waals surface area contributed by atoms with E-state index in [4.69, 9.17) is 5.73 Å². The summed E-state index contributed by atoms with van der Waals surface area (Å²) in [5.41, 5.74) is 5.33. The number of nitrogens with zero attached hydrogens (tertiary/aromatic N) is 2. The zero-order valence-corrected chi connectivity index (χ0v) is 5.66. The van der Waals surface area contributed by atoms with Crippen molar-refractivity contribution >= 4 is 28.7 Å². The monoisotopic (exact) mass is 209 g/mol. The first-order chi connectivity index (χ1) is 3.30. The van der Waals surface area contributed by atoms with Crippen molar-refractivity contribution in [3.05, 3.63) is 12.5 Å². The number of nitrogens with two attached hydrogens (primary N) is 1. The van der Waals surface area contributed by atoms with E-state index < -0.39 is 0 Å². The Morgan fingerprint density at radius 1 is 1.86 bits per heavy atom. The van der Waals surface area contributed by atoms with Crippen LogP contribution in [0.2, 0.25) is 0 Å². The van der Waals surface area contributed by atoms with Gasteiger partial charge in [0.25, 0.3) is 0 Å². The Morgan fingerprint density at radius 2 is 2.57 bits per heavy atom. The molecule has 0 radical (unpaired) electrons. The Kier molecular flexibility index (Phi) is 1.18. The molecule has 1 heterocycles. The summed E-state index contributed by atoms with van der Waals surface area (Å²) in [7, 11) is 0. The fourth-order valence-corrected chi connectivity index (χ4v) is 0.558. The lowest BCUT2D eigenvalue weighted by Gasteiger charge is -1.84. The Bertz CT molecular complexity index is 142. The molecule has 0 bridgehead atoms. The normalized spacial score (nSPS) is 9.29. The molecule has 0 aliphatic carbocycles. The Hall–Kier alpha value is -0.260. The molecule has 4 heteroatoms. The van der Waals surface area contributed by atoms with Gasteiger partial charge in [-0.05, 0) is 0 Å². The molecule has 2 N–H and O–H groups in total. The highest BCUT2D eigenvalue weighted by atomic mass is 127. The molecule has 0 amide bonds. The largest absolute Gasteiger partial charge is 0.383 e. The second-order valence-electron chi connectivity index (χ2n) is 1.13. The average Bonchev–Trinajstić information content (AvgIpc) is 1.91. The second kappa shape index (κ2) is 1.69. The minimum Gasteiger partial charge on any atom is -0.383 e. The van der Waals surface area contributed by atoms with Gasteiger partial charge in [0.1, 0.15) is 12.1 Å². The molecule has 0 aromatic carbocycles. The van der Waals surface area contributed by atoms with Crippen LogP contribution < -0.4 is 5.73 Å². The highest BCUT2D eigenvalue weighted by Crippen LogP contribution is 2.02. The van der Waals surface area contributed by atoms with Crippen molar-refractivity contribution in [1.82, 2.24) is 7.76 Å². The van der Waals surface area contributed by atoms with Gasteiger partial charge in [0.05, 0.1) is 29.1 Å². The van der Waals surface area contributed by atoms with Crippen LogP contribution >= 0.6 is 22.9 Å². The first kappa shape index (κ1) is 4.89. The molecular formula is C3H4IN3. The molecule has 3 nitrogen and oxygen atoms in total. The van der Waals surface area contributed by atoms with E-state index in [1.807, 2.05) is 22.9 Å². The topological polar surface area (TPSA) is 43.8 Å². The van der Waals surface area contributed by atoms with Crippen LogP contribution in [0.5, 0.6) is 0 Å². The van der Waals surface area contributed by atoms with Crippen LogP contribution in [0.25, 0.3) is 0 Å². The zero-order chi connectivity index (χ0) is 5.28. The minimum atomic E-state index is 0.681. The SMILES string of the molecule is Nc1cncn1I. The van der Waals surface area contributed by atoms with Crippen LogP contribution in [0.1, 0.15) is 0 Å². The number of rotatable bonds is 0. The van der Waals surface area contributed by atoms with E-state index in [1.54, 1.807) is 15.3 Å². The van der Waals surface area contributed by atoms with Gasteiger partial charge in [0.2, 0.25) is 0 Å². The third-order valence-electron chi connectivity index (χ3n) is 0.622. The summed E-state index contributed by atoms with van der Waals surface area (Å²) in [5, 5.41) is 0. The standard InChI is InChI=1S/C3H4IN3/c4-7-2-6-1-3(7)5/h1-2H,5H2. The summed E-state index contributed by atoms with van der Waals surface area (Å²) < 4.78 is 1.72. The van der Waals surface area contributed by atoms with Gasteiger partial charge in [0.15, 0.2) is 0 Å². The smallest absolute Gasteiger partial charge is 0.132 e. The molecule has 0 atom stereocenters. The molecule has 0 aliphatic heterocycles. The van der Waals surface area contributed by atoms with Gasteiger partial charge in [-0.2, -0.15) is 0 Å². The first-order valence-corrected chi connectivity index (χ1v) is 2.71. The van der Waals surface area contributed by atoms with E-state index in [0.29, 0.717) is 5.82 Å². The number of anilines is 1. The van der Waals surface area contributed by atoms with Crippen molar-refractivity contribution in [3.63, 3.8) is 0 Å². The van der Waals surface area contributed by atoms with Gasteiger partial charge in [-0.1, -0.05) is 0 Å². The van der Waals surface area contributed by atoms with E-state index in [0.717, 1.165) is 0 Å². The van der Waals surface area contributed by atoms with Crippen LogP contribution in [0.4, 0.5) is 5.82 Å². The molecule has 0 saturated heterocycles. The summed E-state index contributed by atoms with van der Waals surface area (Å²) in [6, 6.07) is 0. The lowest BCUT2D eigenvalue weighted by Crippen LogP contribution is -1.86. The van der Waals surface area contributed by atoms with Gasteiger partial charge in [-0.3, -0.25) is 2.78 Å². The fourth-order valence-electron chi connectivity index (χ4n) is 0.290. The van der Waals surface area contributed by atoms with Gasteiger partial charge < -0.3 is 5.73 Å². The predicted molar refractivity (Wildman–Crippen MR) is 36.1 cm³/mol. The molecule has 38 valence electrons. The van der Waals surface area contributed by atoms with Crippen molar-refractivity contribution < 1.29 is 0 Å². The Labute approximate surface area is 55.0 Å². The van der Waals surface area contributed by atoms with Crippen LogP contribution in [-0.4, -0.2) is 7.76 Å². The van der Waals surface area contributed by atoms with Crippen molar-refractivity contribution in [2.45, 2.75) is 0 Å². The maximum Gasteiger partial charge on any atom is 0.132 e. The van der Waals surface area contributed by atoms with E-state index in [-0.39, 0.29) is 0 Å². The van der Waals surface area contributed by atoms with Crippen molar-refractivity contribution in [3.8, 4) is 0 Å². The van der Waals surface area contributed by atoms with Gasteiger partial charge >= 0.3 is 0 Å². The van der Waals surface area contributed by atoms with Crippen molar-refractivity contribution in [2.75, 3.05) is 5.73 Å². The lowest BCUT2D eigenvalue weighted by molar-refractivity contribution is 1.29. The average molecular weight is 209 g/mol. The van der Waals surface area contributed by atoms with E-state index in [1.165, 1.54) is 0 Å². The number of nitrogen functional groups attached to an aromatic ring is 1. The van der Waals surface area contributed by atoms with E-state index in [2.05, 4.69) is 4.98 Å². The van der Waals surface area contributed by atoms with E-state index >= 15 is 0 Å². The quantitative estimate of drug-likeness (QED) is 0.638. The third kappa shape index (κ3) is 0.846. The van der Waals surface area contributed by atoms with Crippen LogP contribution in [0.15, 0.2) is 12.5 Å². The number of hydrogen-bond acceptors (Lipinski definition) is 2. The summed E-state index contributed by atoms with van der Waals surface area (Å²) in [6.07, 6.45) is 3.25. The molecule has 1 rings (SSSR count). The maximum atomic E-state index is 5.33. The summed E-state index contributed by atoms with van der Waals surface area (Å²) in [6.45, 7) is 0. The predicted octanol–water partition coefficient (Wildman–Crippen LogP) is 0.663. The lowest BCUT2D eigenvalue weighted by atomic mass is 10.8. The van der Waals surface area contributed by atoms with E-state index in [9.17, 15) is 0 Å². The number of hydrogen-bond donors (Lipinski definition) is 1. The van der Waals surface area contributed by atoms with Crippen LogP contribution in [0, 0.1) is 0 Å². The molecule has 0 aliphatic rings. The molecule has 1 aromatic heterocycles. The maximum absolute atomic E-state index is 5.33. The Balaban J connectivity index is 3.12. The molecule has 1 aromatic rings. The van der Waals surface area contributed by atoms with Gasteiger partial charge in [-0.15, -0.1) is 0 Å². The van der Waals surface area contributed by atoms with Crippen molar-refractivity contribution in [1.29, 1.82) is 0 Å². The molecule has 0 unspecified atom stereocenters. The van der Waals surface area contributed by atoms with Crippen molar-refractivity contribution in [2.24, 2.45) is 0 Å². The summed E-state index contributed by atoms with van der Waals surface area (Å²) in [4.78, 5) is 3.75. The highest BCUT2D eigenvalue weighted by molar-refractivity contribution is 14.1. The molecule has 7 heavy (non-hydrogen) atoms. The van der Waals surface area contributed by atoms with Crippen LogP contribution in [-0.2, 0) is 0 Å². The number of aromatic nitrogens is 2. The molecule has 0 fully saturated rings. The van der Waals surface area contributed by atoms with Gasteiger partial charge in [0, 0.05) is 0 Å². The molecule has 0 saturated carbocycles. The summed E-state index contributed by atoms with van der Waals surface area (Å²) in [5.74, 6) is 0.681. The van der Waals surface area contributed by atoms with Gasteiger partial charge in [-0.25, -0.2) is 4.98 Å². The molecule has 0 spiro atoms. The highest BCUT2D eigenvalue weighted by Gasteiger charge is 1.86. The third-order valence-corrected chi connectivity index (χ3v) is 1.43. The fraction of sp³-hybridized carbons (Fsp3) is 0. The first-order valence-electron chi connectivity index (χ1n) is 1.74. The second-order valence-corrected chi connectivity index (χ2v) is 2.17. The molecular weight excluding hydrogens is 205 g/mol. The number of imidazole rings is 1. The van der Waals surface area contributed by atoms with Crippen LogP contribution in [0.3, 0.4) is 0 Å². The summed E-state index contributed by atoms with van der Waals surface area (Å²) >= 11 is 2.05. The zero-order valence-electron chi connectivity index (χ0n) is 3.50.